The van der Waals surface area contributed by atoms with Crippen LogP contribution in [0, 0.1) is 10.1 Å². The first-order valence-corrected chi connectivity index (χ1v) is 11.2. The first kappa shape index (κ1) is 22.8. The highest BCUT2D eigenvalue weighted by Gasteiger charge is 2.24. The van der Waals surface area contributed by atoms with Gasteiger partial charge in [0, 0.05) is 30.4 Å². The quantitative estimate of drug-likeness (QED) is 0.264. The minimum atomic E-state index is -0.480. The molecule has 0 amide bonds. The summed E-state index contributed by atoms with van der Waals surface area (Å²) in [6.45, 7) is 1.25. The van der Waals surface area contributed by atoms with Crippen LogP contribution < -0.4 is 14.8 Å². The molecule has 3 heterocycles. The lowest BCUT2D eigenvalue weighted by Gasteiger charge is -2.14. The van der Waals surface area contributed by atoms with Crippen molar-refractivity contribution in [1.29, 1.82) is 0 Å². The van der Waals surface area contributed by atoms with Crippen LogP contribution in [0.2, 0.25) is 5.02 Å². The van der Waals surface area contributed by atoms with E-state index in [-0.39, 0.29) is 24.1 Å². The molecular formula is C24H20ClN5O5. The highest BCUT2D eigenvalue weighted by Crippen LogP contribution is 2.36. The summed E-state index contributed by atoms with van der Waals surface area (Å²) < 4.78 is 16.9. The molecule has 0 unspecified atom stereocenters. The van der Waals surface area contributed by atoms with E-state index in [1.54, 1.807) is 30.5 Å². The van der Waals surface area contributed by atoms with Crippen molar-refractivity contribution in [3.63, 3.8) is 0 Å². The van der Waals surface area contributed by atoms with Crippen molar-refractivity contribution >= 4 is 39.7 Å². The fourth-order valence-corrected chi connectivity index (χ4v) is 3.90. The third kappa shape index (κ3) is 5.23. The Hall–Kier alpha value is -4.02. The molecule has 5 rings (SSSR count). The molecule has 10 nitrogen and oxygen atoms in total. The van der Waals surface area contributed by atoms with Gasteiger partial charge in [0.15, 0.2) is 5.75 Å². The van der Waals surface area contributed by atoms with E-state index in [2.05, 4.69) is 20.3 Å². The van der Waals surface area contributed by atoms with Crippen LogP contribution in [0.4, 0.5) is 17.2 Å². The van der Waals surface area contributed by atoms with Crippen LogP contribution in [0.5, 0.6) is 11.5 Å². The van der Waals surface area contributed by atoms with E-state index >= 15 is 0 Å². The maximum Gasteiger partial charge on any atom is 0.311 e. The number of nitrogens with zero attached hydrogens (tertiary/aromatic N) is 4. The number of aromatic nitrogens is 3. The van der Waals surface area contributed by atoms with Crippen molar-refractivity contribution in [2.75, 3.05) is 18.5 Å². The second-order valence-corrected chi connectivity index (χ2v) is 8.21. The van der Waals surface area contributed by atoms with Gasteiger partial charge in [0.05, 0.1) is 39.8 Å². The summed E-state index contributed by atoms with van der Waals surface area (Å²) >= 11 is 6.41. The maximum absolute atomic E-state index is 11.8. The molecule has 4 aromatic rings. The van der Waals surface area contributed by atoms with Gasteiger partial charge >= 0.3 is 5.69 Å². The Labute approximate surface area is 205 Å². The third-order valence-corrected chi connectivity index (χ3v) is 5.69. The summed E-state index contributed by atoms with van der Waals surface area (Å²) in [4.78, 5) is 24.0. The number of fused-ring (bicyclic) bond motifs is 1. The van der Waals surface area contributed by atoms with Crippen LogP contribution in [0.3, 0.4) is 0 Å². The molecule has 1 saturated heterocycles. The fourth-order valence-electron chi connectivity index (χ4n) is 3.66. The van der Waals surface area contributed by atoms with Gasteiger partial charge < -0.3 is 19.5 Å². The second kappa shape index (κ2) is 10.1. The van der Waals surface area contributed by atoms with Crippen molar-refractivity contribution in [2.45, 2.75) is 19.1 Å². The molecule has 11 heteroatoms. The number of nitro groups is 1. The van der Waals surface area contributed by atoms with Gasteiger partial charge in [-0.25, -0.2) is 9.97 Å². The Bertz CT molecular complexity index is 1370. The van der Waals surface area contributed by atoms with E-state index in [0.717, 1.165) is 5.69 Å². The van der Waals surface area contributed by atoms with E-state index < -0.39 is 4.92 Å². The van der Waals surface area contributed by atoms with Gasteiger partial charge in [-0.05, 0) is 30.3 Å². The highest BCUT2D eigenvalue weighted by molar-refractivity contribution is 6.32. The molecule has 2 aromatic heterocycles. The molecule has 0 saturated carbocycles. The molecule has 0 spiro atoms. The van der Waals surface area contributed by atoms with Gasteiger partial charge in [-0.2, -0.15) is 0 Å². The van der Waals surface area contributed by atoms with Crippen molar-refractivity contribution in [3.8, 4) is 11.5 Å². The number of hydrogen-bond donors (Lipinski definition) is 1. The van der Waals surface area contributed by atoms with E-state index in [9.17, 15) is 10.1 Å². The zero-order valence-electron chi connectivity index (χ0n) is 18.4. The van der Waals surface area contributed by atoms with E-state index in [0.29, 0.717) is 52.8 Å². The molecule has 35 heavy (non-hydrogen) atoms. The number of hydrogen-bond acceptors (Lipinski definition) is 9. The number of anilines is 2. The summed E-state index contributed by atoms with van der Waals surface area (Å²) in [5, 5.41) is 15.8. The number of pyridine rings is 1. The average Bonchev–Trinajstić information content (AvgIpc) is 3.37. The molecule has 1 atom stereocenters. The lowest BCUT2D eigenvalue weighted by molar-refractivity contribution is -0.385. The van der Waals surface area contributed by atoms with Crippen LogP contribution in [0.1, 0.15) is 12.1 Å². The molecule has 1 N–H and O–H groups in total. The predicted molar refractivity (Wildman–Crippen MR) is 129 cm³/mol. The Kier molecular flexibility index (Phi) is 6.55. The number of rotatable bonds is 8. The van der Waals surface area contributed by atoms with Gasteiger partial charge in [-0.3, -0.25) is 15.1 Å². The van der Waals surface area contributed by atoms with Crippen LogP contribution in [0.15, 0.2) is 61.1 Å². The zero-order chi connectivity index (χ0) is 24.2. The number of ether oxygens (including phenoxy) is 3. The van der Waals surface area contributed by atoms with Gasteiger partial charge in [0.25, 0.3) is 0 Å². The van der Waals surface area contributed by atoms with Crippen LogP contribution >= 0.6 is 11.6 Å². The maximum atomic E-state index is 11.8. The van der Waals surface area contributed by atoms with Crippen LogP contribution in [-0.4, -0.2) is 39.2 Å². The summed E-state index contributed by atoms with van der Waals surface area (Å²) in [6, 6.07) is 13.7. The molecular weight excluding hydrogens is 474 g/mol. The van der Waals surface area contributed by atoms with Gasteiger partial charge in [0.1, 0.15) is 30.6 Å². The topological polar surface area (TPSA) is 122 Å². The molecule has 178 valence electrons. The number of nitrogens with one attached hydrogen (secondary N) is 1. The summed E-state index contributed by atoms with van der Waals surface area (Å²) in [7, 11) is 0. The zero-order valence-corrected chi connectivity index (χ0v) is 19.1. The monoisotopic (exact) mass is 493 g/mol. The van der Waals surface area contributed by atoms with Crippen molar-refractivity contribution in [2.24, 2.45) is 0 Å². The molecule has 1 aliphatic heterocycles. The van der Waals surface area contributed by atoms with Crippen LogP contribution in [-0.2, 0) is 11.3 Å². The predicted octanol–water partition coefficient (Wildman–Crippen LogP) is 5.08. The molecule has 1 fully saturated rings. The smallest absolute Gasteiger partial charge is 0.311 e. The van der Waals surface area contributed by atoms with Crippen LogP contribution in [0.25, 0.3) is 10.9 Å². The first-order chi connectivity index (χ1) is 17.1. The van der Waals surface area contributed by atoms with E-state index in [4.69, 9.17) is 25.8 Å². The van der Waals surface area contributed by atoms with Gasteiger partial charge in [0.2, 0.25) is 0 Å². The normalized spacial score (nSPS) is 15.2. The standard InChI is InChI=1S/C24H20ClN5O5/c25-19-9-15(4-5-22(19)34-12-16-3-1-2-7-26-16)29-24-18-10-21(30(31)32)23(11-20(18)27-14-28-24)35-17-6-8-33-13-17/h1-5,7,9-11,14,17H,6,8,12-13H2,(H,27,28,29)/t17-/m0/s1. The molecule has 2 aromatic carbocycles. The fraction of sp³-hybridized carbons (Fsp3) is 0.208. The lowest BCUT2D eigenvalue weighted by atomic mass is 10.2. The Morgan fingerprint density at radius 2 is 2.06 bits per heavy atom. The van der Waals surface area contributed by atoms with Gasteiger partial charge in [-0.15, -0.1) is 0 Å². The van der Waals surface area contributed by atoms with Gasteiger partial charge in [-0.1, -0.05) is 17.7 Å². The van der Waals surface area contributed by atoms with Crippen molar-refractivity contribution in [1.82, 2.24) is 15.0 Å². The average molecular weight is 494 g/mol. The third-order valence-electron chi connectivity index (χ3n) is 5.39. The minimum absolute atomic E-state index is 0.153. The van der Waals surface area contributed by atoms with Crippen molar-refractivity contribution in [3.05, 3.63) is 81.9 Å². The van der Waals surface area contributed by atoms with Crippen molar-refractivity contribution < 1.29 is 19.1 Å². The lowest BCUT2D eigenvalue weighted by Crippen LogP contribution is -2.16. The summed E-state index contributed by atoms with van der Waals surface area (Å²) in [6.07, 6.45) is 3.52. The number of nitro benzene ring substituents is 1. The molecule has 0 bridgehead atoms. The largest absolute Gasteiger partial charge is 0.486 e. The summed E-state index contributed by atoms with van der Waals surface area (Å²) in [5.41, 5.74) is 1.75. The highest BCUT2D eigenvalue weighted by atomic mass is 35.5. The minimum Gasteiger partial charge on any atom is -0.486 e. The molecule has 1 aliphatic rings. The Morgan fingerprint density at radius 3 is 2.80 bits per heavy atom. The number of benzene rings is 2. The first-order valence-electron chi connectivity index (χ1n) is 10.8. The molecule has 0 radical (unpaired) electrons. The van der Waals surface area contributed by atoms with E-state index in [1.165, 1.54) is 12.4 Å². The molecule has 0 aliphatic carbocycles. The second-order valence-electron chi connectivity index (χ2n) is 7.80. The Morgan fingerprint density at radius 1 is 1.14 bits per heavy atom. The van der Waals surface area contributed by atoms with E-state index in [1.807, 2.05) is 18.2 Å². The SMILES string of the molecule is O=[N+]([O-])c1cc2c(Nc3ccc(OCc4ccccn4)c(Cl)c3)ncnc2cc1O[C@H]1CCOC1. The number of halogens is 1. The Balaban J connectivity index is 1.39. The summed E-state index contributed by atoms with van der Waals surface area (Å²) in [5.74, 6) is 1.05.